The quantitative estimate of drug-likeness (QED) is 0.368. The van der Waals surface area contributed by atoms with Crippen LogP contribution in [0, 0.1) is 13.8 Å². The number of hydrogen-bond donors (Lipinski definition) is 0. The maximum Gasteiger partial charge on any atom is 0.0780 e. The van der Waals surface area contributed by atoms with Crippen LogP contribution in [0.2, 0.25) is 0 Å². The van der Waals surface area contributed by atoms with Crippen LogP contribution in [0.3, 0.4) is 0 Å². The van der Waals surface area contributed by atoms with E-state index < -0.39 is 0 Å². The second kappa shape index (κ2) is 9.21. The fraction of sp³-hybridized carbons (Fsp3) is 0.233. The van der Waals surface area contributed by atoms with Gasteiger partial charge in [-0.3, -0.25) is 9.88 Å². The van der Waals surface area contributed by atoms with Crippen molar-refractivity contribution in [3.05, 3.63) is 108 Å². The number of piperazine rings is 1. The fourth-order valence-corrected chi connectivity index (χ4v) is 4.86. The molecule has 0 spiro atoms. The third kappa shape index (κ3) is 4.42. The molecule has 0 radical (unpaired) electrons. The average Bonchev–Trinajstić information content (AvgIpc) is 2.86. The average molecular weight is 434 g/mol. The van der Waals surface area contributed by atoms with Crippen molar-refractivity contribution in [2.75, 3.05) is 26.2 Å². The van der Waals surface area contributed by atoms with Crippen molar-refractivity contribution in [2.24, 2.45) is 0 Å². The Morgan fingerprint density at radius 1 is 0.818 bits per heavy atom. The Balaban J connectivity index is 1.25. The van der Waals surface area contributed by atoms with Gasteiger partial charge in [-0.15, -0.1) is 0 Å². The molecular weight excluding hydrogens is 402 g/mol. The molecule has 0 N–H and O–H groups in total. The number of aromatic nitrogens is 1. The summed E-state index contributed by atoms with van der Waals surface area (Å²) in [7, 11) is 0. The van der Waals surface area contributed by atoms with Crippen molar-refractivity contribution in [3.63, 3.8) is 0 Å². The molecule has 1 aliphatic rings. The second-order valence-electron chi connectivity index (χ2n) is 9.04. The molecule has 1 fully saturated rings. The molecule has 1 saturated heterocycles. The summed E-state index contributed by atoms with van der Waals surface area (Å²) in [6, 6.07) is 25.8. The van der Waals surface area contributed by atoms with Crippen LogP contribution >= 0.6 is 0 Å². The molecule has 3 nitrogen and oxygen atoms in total. The van der Waals surface area contributed by atoms with Crippen LogP contribution in [-0.4, -0.2) is 41.0 Å². The van der Waals surface area contributed by atoms with Gasteiger partial charge < -0.3 is 4.90 Å². The molecule has 0 amide bonds. The van der Waals surface area contributed by atoms with E-state index in [4.69, 9.17) is 0 Å². The number of para-hydroxylation sites is 1. The van der Waals surface area contributed by atoms with Gasteiger partial charge in [-0.25, -0.2) is 0 Å². The van der Waals surface area contributed by atoms with Gasteiger partial charge in [-0.05, 0) is 47.7 Å². The summed E-state index contributed by atoms with van der Waals surface area (Å²) in [5.74, 6) is 0. The molecule has 166 valence electrons. The summed E-state index contributed by atoms with van der Waals surface area (Å²) >= 11 is 0. The first-order chi connectivity index (χ1) is 16.1. The summed E-state index contributed by atoms with van der Waals surface area (Å²) in [6.45, 7) is 14.1. The molecule has 3 aromatic carbocycles. The zero-order valence-electron chi connectivity index (χ0n) is 19.6. The van der Waals surface area contributed by atoms with E-state index in [0.29, 0.717) is 0 Å². The van der Waals surface area contributed by atoms with E-state index in [1.165, 1.54) is 38.8 Å². The highest BCUT2D eigenvalue weighted by Gasteiger charge is 2.20. The van der Waals surface area contributed by atoms with E-state index in [2.05, 4.69) is 102 Å². The van der Waals surface area contributed by atoms with Gasteiger partial charge in [0.2, 0.25) is 0 Å². The predicted octanol–water partition coefficient (Wildman–Crippen LogP) is 6.31. The number of benzene rings is 3. The van der Waals surface area contributed by atoms with E-state index in [0.717, 1.165) is 43.9 Å². The molecule has 2 heterocycles. The highest BCUT2D eigenvalue weighted by molar-refractivity contribution is 5.93. The molecule has 0 atom stereocenters. The van der Waals surface area contributed by atoms with E-state index in [-0.39, 0.29) is 0 Å². The van der Waals surface area contributed by atoms with Crippen molar-refractivity contribution < 1.29 is 0 Å². The smallest absolute Gasteiger partial charge is 0.0780 e. The normalized spacial score (nSPS) is 14.5. The van der Waals surface area contributed by atoms with Gasteiger partial charge in [0.25, 0.3) is 0 Å². The number of fused-ring (bicyclic) bond motifs is 1. The molecule has 0 aliphatic carbocycles. The summed E-state index contributed by atoms with van der Waals surface area (Å²) in [5, 5.41) is 1.17. The van der Waals surface area contributed by atoms with Crippen LogP contribution in [0.4, 0.5) is 0 Å². The van der Waals surface area contributed by atoms with Crippen molar-refractivity contribution in [3.8, 4) is 11.1 Å². The summed E-state index contributed by atoms with van der Waals surface area (Å²) in [5.41, 5.74) is 9.97. The van der Waals surface area contributed by atoms with Crippen molar-refractivity contribution in [1.82, 2.24) is 14.8 Å². The van der Waals surface area contributed by atoms with E-state index in [1.54, 1.807) is 0 Å². The minimum absolute atomic E-state index is 1.01. The van der Waals surface area contributed by atoms with Crippen LogP contribution in [-0.2, 0) is 6.54 Å². The zero-order valence-corrected chi connectivity index (χ0v) is 19.6. The standard InChI is InChI=1S/C30H31N3/c1-22-7-4-8-23(2)29(22)21-32-17-19-33(20-18-32)24(3)25-12-14-26(15-13-25)28-11-5-9-27-10-6-16-31-30(27)28/h4-16H,3,17-21H2,1-2H3. The van der Waals surface area contributed by atoms with Crippen molar-refractivity contribution in [1.29, 1.82) is 0 Å². The lowest BCUT2D eigenvalue weighted by atomic mass is 10.00. The van der Waals surface area contributed by atoms with Gasteiger partial charge in [0.05, 0.1) is 5.52 Å². The first kappa shape index (κ1) is 21.4. The third-order valence-electron chi connectivity index (χ3n) is 6.94. The van der Waals surface area contributed by atoms with Gasteiger partial charge >= 0.3 is 0 Å². The maximum atomic E-state index is 4.61. The first-order valence-electron chi connectivity index (χ1n) is 11.8. The highest BCUT2D eigenvalue weighted by Crippen LogP contribution is 2.29. The molecule has 0 saturated carbocycles. The lowest BCUT2D eigenvalue weighted by Gasteiger charge is -2.37. The van der Waals surface area contributed by atoms with Gasteiger partial charge in [0, 0.05) is 55.6 Å². The molecule has 0 unspecified atom stereocenters. The van der Waals surface area contributed by atoms with E-state index >= 15 is 0 Å². The monoisotopic (exact) mass is 433 g/mol. The Bertz CT molecular complexity index is 1260. The van der Waals surface area contributed by atoms with Crippen LogP contribution in [0.25, 0.3) is 27.7 Å². The second-order valence-corrected chi connectivity index (χ2v) is 9.04. The van der Waals surface area contributed by atoms with Crippen LogP contribution in [0.5, 0.6) is 0 Å². The summed E-state index contributed by atoms with van der Waals surface area (Å²) in [6.07, 6.45) is 1.86. The minimum Gasteiger partial charge on any atom is -0.369 e. The van der Waals surface area contributed by atoms with Crippen LogP contribution in [0.1, 0.15) is 22.3 Å². The van der Waals surface area contributed by atoms with Gasteiger partial charge in [-0.2, -0.15) is 0 Å². The lowest BCUT2D eigenvalue weighted by Crippen LogP contribution is -2.44. The SMILES string of the molecule is C=C(c1ccc(-c2cccc3cccnc23)cc1)N1CCN(Cc2c(C)cccc2C)CC1. The number of aryl methyl sites for hydroxylation is 2. The van der Waals surface area contributed by atoms with Gasteiger partial charge in [0.1, 0.15) is 0 Å². The molecule has 4 aromatic rings. The van der Waals surface area contributed by atoms with Crippen molar-refractivity contribution >= 4 is 16.6 Å². The van der Waals surface area contributed by atoms with Crippen LogP contribution in [0.15, 0.2) is 85.6 Å². The largest absolute Gasteiger partial charge is 0.369 e. The predicted molar refractivity (Wildman–Crippen MR) is 139 cm³/mol. The number of pyridine rings is 1. The maximum absolute atomic E-state index is 4.61. The lowest BCUT2D eigenvalue weighted by molar-refractivity contribution is 0.169. The summed E-state index contributed by atoms with van der Waals surface area (Å²) in [4.78, 5) is 9.60. The topological polar surface area (TPSA) is 19.4 Å². The van der Waals surface area contributed by atoms with E-state index in [1.807, 2.05) is 12.3 Å². The Morgan fingerprint density at radius 3 is 2.21 bits per heavy atom. The third-order valence-corrected chi connectivity index (χ3v) is 6.94. The fourth-order valence-electron chi connectivity index (χ4n) is 4.86. The summed E-state index contributed by atoms with van der Waals surface area (Å²) < 4.78 is 0. The molecule has 5 rings (SSSR count). The molecule has 33 heavy (non-hydrogen) atoms. The van der Waals surface area contributed by atoms with Crippen LogP contribution < -0.4 is 0 Å². The number of rotatable bonds is 5. The molecule has 1 aromatic heterocycles. The van der Waals surface area contributed by atoms with Gasteiger partial charge in [-0.1, -0.05) is 73.3 Å². The van der Waals surface area contributed by atoms with E-state index in [9.17, 15) is 0 Å². The Labute approximate surface area is 197 Å². The Kier molecular flexibility index (Phi) is 5.97. The Morgan fingerprint density at radius 2 is 1.48 bits per heavy atom. The number of hydrogen-bond acceptors (Lipinski definition) is 3. The minimum atomic E-state index is 1.01. The Hall–Kier alpha value is -3.43. The molecule has 0 bridgehead atoms. The van der Waals surface area contributed by atoms with Gasteiger partial charge in [0.15, 0.2) is 0 Å². The first-order valence-corrected chi connectivity index (χ1v) is 11.8. The molecule has 1 aliphatic heterocycles. The zero-order chi connectivity index (χ0) is 22.8. The highest BCUT2D eigenvalue weighted by atomic mass is 15.3. The molecule has 3 heteroatoms. The molecular formula is C30H31N3. The number of nitrogens with zero attached hydrogens (tertiary/aromatic N) is 3. The van der Waals surface area contributed by atoms with Crippen molar-refractivity contribution in [2.45, 2.75) is 20.4 Å².